The smallest absolute Gasteiger partial charge is 0.416 e. The molecule has 0 heterocycles. The summed E-state index contributed by atoms with van der Waals surface area (Å²) in [5.41, 5.74) is 0.375. The van der Waals surface area contributed by atoms with Crippen LogP contribution in [0.4, 0.5) is 13.2 Å². The van der Waals surface area contributed by atoms with Crippen LogP contribution in [-0.2, 0) is 12.3 Å². The molecule has 0 amide bonds. The molecule has 0 aliphatic heterocycles. The third-order valence-electron chi connectivity index (χ3n) is 5.34. The van der Waals surface area contributed by atoms with Crippen LogP contribution in [0.25, 0.3) is 0 Å². The molecule has 0 atom stereocenters. The first-order valence-electron chi connectivity index (χ1n) is 9.82. The molecule has 0 bridgehead atoms. The van der Waals surface area contributed by atoms with Crippen LogP contribution in [0, 0.1) is 0 Å². The lowest BCUT2D eigenvalue weighted by molar-refractivity contribution is -0.137. The van der Waals surface area contributed by atoms with Gasteiger partial charge in [0.15, 0.2) is 0 Å². The Kier molecular flexibility index (Phi) is 7.67. The maximum absolute atomic E-state index is 13.3. The zero-order valence-corrected chi connectivity index (χ0v) is 19.3. The summed E-state index contributed by atoms with van der Waals surface area (Å²) in [5, 5.41) is 3.05. The third kappa shape index (κ3) is 4.86. The van der Waals surface area contributed by atoms with Crippen molar-refractivity contribution in [1.29, 1.82) is 0 Å². The predicted molar refractivity (Wildman–Crippen MR) is 125 cm³/mol. The summed E-state index contributed by atoms with van der Waals surface area (Å²) >= 11 is 6.61. The van der Waals surface area contributed by atoms with Crippen LogP contribution < -0.4 is 28.3 Å². The first-order chi connectivity index (χ1) is 14.9. The lowest BCUT2D eigenvalue weighted by atomic mass is 10.2. The van der Waals surface area contributed by atoms with Crippen LogP contribution in [0.5, 0.6) is 0 Å². The van der Waals surface area contributed by atoms with Gasteiger partial charge in [-0.25, -0.2) is 0 Å². The topological polar surface area (TPSA) is 0 Å². The van der Waals surface area contributed by atoms with Gasteiger partial charge in [0.2, 0.25) is 0 Å². The molecule has 0 fully saturated rings. The molecule has 0 N–H and O–H groups in total. The minimum Gasteiger partial charge on any atom is -1.00 e. The van der Waals surface area contributed by atoms with Crippen molar-refractivity contribution in [3.63, 3.8) is 0 Å². The van der Waals surface area contributed by atoms with E-state index in [1.165, 1.54) is 0 Å². The Bertz CT molecular complexity index is 1110. The fraction of sp³-hybridized carbons (Fsp3) is 0.0769. The Morgan fingerprint density at radius 1 is 0.656 bits per heavy atom. The van der Waals surface area contributed by atoms with E-state index in [2.05, 4.69) is 36.4 Å². The van der Waals surface area contributed by atoms with Crippen LogP contribution in [-0.4, -0.2) is 0 Å². The van der Waals surface area contributed by atoms with E-state index in [-0.39, 0.29) is 17.4 Å². The standard InChI is InChI=1S/C26H20ClF3P.ClH/c27-24-18-21(26(28,29)30)16-17-25(24)31(22-12-6-2-7-13-22,23-14-8-3-9-15-23)19-20-10-4-1-5-11-20;/h1-18H,19H2;1H/q+1;/p-1. The molecule has 0 unspecified atom stereocenters. The second kappa shape index (κ2) is 10.1. The Hall–Kier alpha value is -2.32. The van der Waals surface area contributed by atoms with E-state index in [1.54, 1.807) is 6.07 Å². The molecule has 0 nitrogen and oxygen atoms in total. The van der Waals surface area contributed by atoms with Gasteiger partial charge in [0.1, 0.15) is 23.2 Å². The van der Waals surface area contributed by atoms with Crippen LogP contribution in [0.1, 0.15) is 11.1 Å². The molecule has 0 saturated heterocycles. The van der Waals surface area contributed by atoms with E-state index < -0.39 is 19.0 Å². The molecule has 0 spiro atoms. The van der Waals surface area contributed by atoms with Crippen molar-refractivity contribution in [1.82, 2.24) is 0 Å². The highest BCUT2D eigenvalue weighted by Crippen LogP contribution is 2.59. The van der Waals surface area contributed by atoms with Crippen LogP contribution >= 0.6 is 18.9 Å². The average Bonchev–Trinajstić information content (AvgIpc) is 2.79. The number of halogens is 5. The molecule has 164 valence electrons. The van der Waals surface area contributed by atoms with Crippen molar-refractivity contribution in [3.8, 4) is 0 Å². The fourth-order valence-corrected chi connectivity index (χ4v) is 8.79. The average molecular weight is 491 g/mol. The molecule has 32 heavy (non-hydrogen) atoms. The Balaban J connectivity index is 0.00000289. The van der Waals surface area contributed by atoms with Gasteiger partial charge in [0.05, 0.1) is 16.7 Å². The van der Waals surface area contributed by atoms with E-state index in [4.69, 9.17) is 11.6 Å². The molecule has 0 aliphatic carbocycles. The molecule has 6 heteroatoms. The highest BCUT2D eigenvalue weighted by atomic mass is 35.5. The van der Waals surface area contributed by atoms with E-state index in [1.807, 2.05) is 54.6 Å². The molecule has 0 radical (unpaired) electrons. The van der Waals surface area contributed by atoms with Crippen molar-refractivity contribution in [2.45, 2.75) is 12.3 Å². The summed E-state index contributed by atoms with van der Waals surface area (Å²) in [6, 6.07) is 33.8. The summed E-state index contributed by atoms with van der Waals surface area (Å²) in [6.45, 7) is 0. The zero-order valence-electron chi connectivity index (χ0n) is 16.9. The summed E-state index contributed by atoms with van der Waals surface area (Å²) in [6.07, 6.45) is -3.78. The largest absolute Gasteiger partial charge is 1.00 e. The van der Waals surface area contributed by atoms with Gasteiger partial charge in [0, 0.05) is 0 Å². The highest BCUT2D eigenvalue weighted by Gasteiger charge is 2.47. The van der Waals surface area contributed by atoms with Crippen molar-refractivity contribution in [3.05, 3.63) is 125 Å². The molecule has 4 aromatic rings. The van der Waals surface area contributed by atoms with Crippen LogP contribution in [0.15, 0.2) is 109 Å². The Morgan fingerprint density at radius 2 is 1.12 bits per heavy atom. The molecule has 0 aliphatic rings. The highest BCUT2D eigenvalue weighted by molar-refractivity contribution is 7.95. The van der Waals surface area contributed by atoms with E-state index in [0.717, 1.165) is 33.6 Å². The molecular formula is C26H20Cl2F3P. The first-order valence-corrected chi connectivity index (χ1v) is 12.2. The van der Waals surface area contributed by atoms with Gasteiger partial charge in [-0.1, -0.05) is 78.3 Å². The third-order valence-corrected chi connectivity index (χ3v) is 10.2. The summed E-state index contributed by atoms with van der Waals surface area (Å²) in [4.78, 5) is 0. The second-order valence-electron chi connectivity index (χ2n) is 7.29. The summed E-state index contributed by atoms with van der Waals surface area (Å²) in [7, 11) is -2.38. The van der Waals surface area contributed by atoms with Crippen LogP contribution in [0.2, 0.25) is 5.02 Å². The molecule has 4 rings (SSSR count). The predicted octanol–water partition coefficient (Wildman–Crippen LogP) is 3.86. The monoisotopic (exact) mass is 490 g/mol. The Labute approximate surface area is 197 Å². The van der Waals surface area contributed by atoms with Crippen molar-refractivity contribution in [2.24, 2.45) is 0 Å². The number of alkyl halides is 3. The minimum absolute atomic E-state index is 0. The number of rotatable bonds is 5. The second-order valence-corrected chi connectivity index (χ2v) is 11.1. The number of hydrogen-bond donors (Lipinski definition) is 0. The Morgan fingerprint density at radius 3 is 1.56 bits per heavy atom. The molecule has 4 aromatic carbocycles. The molecule has 0 aromatic heterocycles. The fourth-order valence-electron chi connectivity index (χ4n) is 3.91. The van der Waals surface area contributed by atoms with Gasteiger partial charge >= 0.3 is 6.18 Å². The van der Waals surface area contributed by atoms with Gasteiger partial charge in [-0.15, -0.1) is 0 Å². The normalized spacial score (nSPS) is 11.6. The minimum atomic E-state index is -4.44. The summed E-state index contributed by atoms with van der Waals surface area (Å²) < 4.78 is 40.0. The van der Waals surface area contributed by atoms with E-state index >= 15 is 0 Å². The maximum Gasteiger partial charge on any atom is 0.416 e. The maximum atomic E-state index is 13.3. The molecular weight excluding hydrogens is 471 g/mol. The summed E-state index contributed by atoms with van der Waals surface area (Å²) in [5.74, 6) is 0. The lowest BCUT2D eigenvalue weighted by Gasteiger charge is -2.29. The van der Waals surface area contributed by atoms with Crippen molar-refractivity contribution < 1.29 is 25.6 Å². The SMILES string of the molecule is FC(F)(F)c1ccc([P+](Cc2ccccc2)(c2ccccc2)c2ccccc2)c(Cl)c1.[Cl-]. The quantitative estimate of drug-likeness (QED) is 0.372. The van der Waals surface area contributed by atoms with Gasteiger partial charge in [-0.05, 0) is 48.0 Å². The van der Waals surface area contributed by atoms with Crippen molar-refractivity contribution in [2.75, 3.05) is 0 Å². The first kappa shape index (κ1) is 24.3. The molecule has 0 saturated carbocycles. The van der Waals surface area contributed by atoms with Gasteiger partial charge in [-0.2, -0.15) is 13.2 Å². The number of hydrogen-bond acceptors (Lipinski definition) is 0. The van der Waals surface area contributed by atoms with E-state index in [9.17, 15) is 13.2 Å². The number of benzene rings is 4. The van der Waals surface area contributed by atoms with Crippen molar-refractivity contribution >= 4 is 34.8 Å². The van der Waals surface area contributed by atoms with E-state index in [0.29, 0.717) is 6.16 Å². The van der Waals surface area contributed by atoms with Crippen LogP contribution in [0.3, 0.4) is 0 Å². The zero-order chi connectivity index (χ0) is 21.9. The lowest BCUT2D eigenvalue weighted by Crippen LogP contribution is -3.00. The van der Waals surface area contributed by atoms with Gasteiger partial charge < -0.3 is 12.4 Å². The van der Waals surface area contributed by atoms with Gasteiger partial charge in [-0.3, -0.25) is 0 Å². The van der Waals surface area contributed by atoms with Gasteiger partial charge in [0.25, 0.3) is 0 Å².